The van der Waals surface area contributed by atoms with Crippen molar-refractivity contribution in [2.45, 2.75) is 52.4 Å². The van der Waals surface area contributed by atoms with Crippen molar-refractivity contribution in [2.75, 3.05) is 33.3 Å². The first kappa shape index (κ1) is 19.5. The van der Waals surface area contributed by atoms with Crippen LogP contribution in [0.4, 0.5) is 0 Å². The minimum absolute atomic E-state index is 0.308. The van der Waals surface area contributed by atoms with Crippen molar-refractivity contribution in [1.29, 1.82) is 0 Å². The van der Waals surface area contributed by atoms with Crippen LogP contribution >= 0.6 is 11.7 Å². The zero-order valence-corrected chi connectivity index (χ0v) is 17.2. The molecule has 1 aliphatic carbocycles. The molecule has 26 heavy (non-hydrogen) atoms. The summed E-state index contributed by atoms with van der Waals surface area (Å²) in [7, 11) is 2.31. The van der Waals surface area contributed by atoms with Gasteiger partial charge in [-0.1, -0.05) is 32.3 Å². The summed E-state index contributed by atoms with van der Waals surface area (Å²) in [6.45, 7) is 7.85. The molecule has 1 fully saturated rings. The van der Waals surface area contributed by atoms with Gasteiger partial charge in [0.2, 0.25) is 0 Å². The Hall–Kier alpha value is -1.27. The Morgan fingerprint density at radius 3 is 2.92 bits per heavy atom. The number of carbonyl (C=O) groups excluding carboxylic acids is 1. The third-order valence-electron chi connectivity index (χ3n) is 5.73. The van der Waals surface area contributed by atoms with Crippen LogP contribution < -0.4 is 4.74 Å². The van der Waals surface area contributed by atoms with Crippen molar-refractivity contribution in [2.24, 2.45) is 11.8 Å². The van der Waals surface area contributed by atoms with Crippen LogP contribution in [-0.4, -0.2) is 52.3 Å². The second-order valence-electron chi connectivity index (χ2n) is 8.24. The highest BCUT2D eigenvalue weighted by Gasteiger charge is 2.46. The molecule has 1 aliphatic heterocycles. The molecular weight excluding hydrogens is 346 g/mol. The van der Waals surface area contributed by atoms with E-state index in [9.17, 15) is 4.79 Å². The second-order valence-corrected chi connectivity index (χ2v) is 8.77. The number of unbranched alkanes of at least 4 members (excludes halogenated alkanes) is 3. The van der Waals surface area contributed by atoms with Gasteiger partial charge in [-0.25, -0.2) is 0 Å². The van der Waals surface area contributed by atoms with Gasteiger partial charge in [0, 0.05) is 23.8 Å². The van der Waals surface area contributed by atoms with E-state index in [1.807, 2.05) is 0 Å². The third-order valence-corrected chi connectivity index (χ3v) is 6.24. The van der Waals surface area contributed by atoms with Crippen LogP contribution in [0.5, 0.6) is 5.88 Å². The van der Waals surface area contributed by atoms with Crippen LogP contribution in [-0.2, 0) is 4.79 Å². The zero-order valence-electron chi connectivity index (χ0n) is 16.4. The predicted octanol–water partition coefficient (Wildman–Crippen LogP) is 3.96. The first-order valence-electron chi connectivity index (χ1n) is 10.0. The summed E-state index contributed by atoms with van der Waals surface area (Å²) in [6, 6.07) is 0. The lowest BCUT2D eigenvalue weighted by Crippen LogP contribution is -2.49. The molecule has 0 saturated heterocycles. The Bertz CT molecular complexity index is 657. The fourth-order valence-electron chi connectivity index (χ4n) is 4.12. The van der Waals surface area contributed by atoms with Gasteiger partial charge in [-0.3, -0.25) is 4.79 Å². The minimum atomic E-state index is 0.308. The molecule has 0 bridgehead atoms. The average Bonchev–Trinajstić information content (AvgIpc) is 3.20. The van der Waals surface area contributed by atoms with Crippen LogP contribution in [0.25, 0.3) is 5.57 Å². The molecule has 0 spiro atoms. The van der Waals surface area contributed by atoms with Gasteiger partial charge in [0.15, 0.2) is 0 Å². The number of hydrogen-bond acceptors (Lipinski definition) is 5. The predicted molar refractivity (Wildman–Crippen MR) is 105 cm³/mol. The number of hydrogen-bond donors (Lipinski definition) is 0. The van der Waals surface area contributed by atoms with Gasteiger partial charge in [0.1, 0.15) is 18.0 Å². The summed E-state index contributed by atoms with van der Waals surface area (Å²) in [6.07, 6.45) is 9.21. The Labute approximate surface area is 161 Å². The van der Waals surface area contributed by atoms with Crippen molar-refractivity contribution in [3.05, 3.63) is 11.8 Å². The maximum atomic E-state index is 11.6. The standard InChI is InChI=1S/C20H32N3O2S/c1-4-5-6-7-11-25-20-19(21-26-22-20)16-9-8-10-23(3,13-16)14-17-12-18(17)15(2)24/h9,17-18H,4-8,10-14H2,1-3H3/q+1. The van der Waals surface area contributed by atoms with Crippen LogP contribution in [0.15, 0.2) is 6.08 Å². The van der Waals surface area contributed by atoms with Gasteiger partial charge >= 0.3 is 0 Å². The van der Waals surface area contributed by atoms with E-state index >= 15 is 0 Å². The largest absolute Gasteiger partial charge is 0.475 e. The number of carbonyl (C=O) groups is 1. The molecule has 1 aromatic rings. The van der Waals surface area contributed by atoms with Crippen LogP contribution in [0.2, 0.25) is 0 Å². The van der Waals surface area contributed by atoms with Crippen molar-refractivity contribution in [3.63, 3.8) is 0 Å². The molecule has 0 aromatic carbocycles. The summed E-state index contributed by atoms with van der Waals surface area (Å²) < 4.78 is 15.8. The van der Waals surface area contributed by atoms with Gasteiger partial charge in [0.25, 0.3) is 5.88 Å². The van der Waals surface area contributed by atoms with E-state index in [0.717, 1.165) is 55.7 Å². The topological polar surface area (TPSA) is 52.1 Å². The SMILES string of the molecule is CCCCCCOc1nsnc1C1=CCC[N+](C)(CC2CC2C(C)=O)C1. The molecule has 3 unspecified atom stereocenters. The van der Waals surface area contributed by atoms with Crippen molar-refractivity contribution < 1.29 is 14.0 Å². The molecule has 0 radical (unpaired) electrons. The Morgan fingerprint density at radius 1 is 1.35 bits per heavy atom. The number of ether oxygens (including phenoxy) is 1. The number of likely N-dealkylation sites (N-methyl/N-ethyl adjacent to an activating group) is 1. The number of Topliss-reactive ketones (excluding diaryl/α,β-unsaturated/α-hetero) is 1. The number of rotatable bonds is 10. The molecule has 0 amide bonds. The van der Waals surface area contributed by atoms with Crippen LogP contribution in [0.3, 0.4) is 0 Å². The normalized spacial score (nSPS) is 27.9. The average molecular weight is 379 g/mol. The zero-order chi connectivity index (χ0) is 18.6. The highest BCUT2D eigenvalue weighted by atomic mass is 32.1. The first-order valence-corrected chi connectivity index (χ1v) is 10.7. The van der Waals surface area contributed by atoms with Gasteiger partial charge in [-0.15, -0.1) is 4.37 Å². The summed E-state index contributed by atoms with van der Waals surface area (Å²) in [5.74, 6) is 1.94. The highest BCUT2D eigenvalue weighted by Crippen LogP contribution is 2.42. The van der Waals surface area contributed by atoms with E-state index in [4.69, 9.17) is 4.74 Å². The Morgan fingerprint density at radius 2 is 2.19 bits per heavy atom. The van der Waals surface area contributed by atoms with E-state index in [1.54, 1.807) is 6.92 Å². The van der Waals surface area contributed by atoms with Gasteiger partial charge in [0.05, 0.1) is 38.5 Å². The maximum Gasteiger partial charge on any atom is 0.253 e. The second kappa shape index (κ2) is 8.61. The summed E-state index contributed by atoms with van der Waals surface area (Å²) in [5, 5.41) is 0. The lowest BCUT2D eigenvalue weighted by molar-refractivity contribution is -0.905. The van der Waals surface area contributed by atoms with E-state index < -0.39 is 0 Å². The number of aromatic nitrogens is 2. The summed E-state index contributed by atoms with van der Waals surface area (Å²) in [5.41, 5.74) is 2.20. The third kappa shape index (κ3) is 4.92. The Balaban J connectivity index is 1.57. The molecule has 2 heterocycles. The molecule has 1 aromatic heterocycles. The smallest absolute Gasteiger partial charge is 0.253 e. The molecule has 3 atom stereocenters. The molecular formula is C20H32N3O2S+. The molecule has 3 rings (SSSR count). The van der Waals surface area contributed by atoms with Gasteiger partial charge in [-0.2, -0.15) is 4.37 Å². The van der Waals surface area contributed by atoms with Crippen molar-refractivity contribution in [3.8, 4) is 5.88 Å². The van der Waals surface area contributed by atoms with Gasteiger partial charge in [-0.05, 0) is 19.8 Å². The summed E-state index contributed by atoms with van der Waals surface area (Å²) >= 11 is 1.24. The van der Waals surface area contributed by atoms with E-state index in [-0.39, 0.29) is 0 Å². The van der Waals surface area contributed by atoms with E-state index in [1.165, 1.54) is 36.6 Å². The van der Waals surface area contributed by atoms with E-state index in [0.29, 0.717) is 23.5 Å². The van der Waals surface area contributed by atoms with Crippen molar-refractivity contribution >= 4 is 23.1 Å². The lowest BCUT2D eigenvalue weighted by atomic mass is 10.0. The molecule has 0 N–H and O–H groups in total. The molecule has 5 nitrogen and oxygen atoms in total. The van der Waals surface area contributed by atoms with Crippen molar-refractivity contribution in [1.82, 2.24) is 8.75 Å². The molecule has 2 aliphatic rings. The Kier molecular flexibility index (Phi) is 6.46. The monoisotopic (exact) mass is 378 g/mol. The minimum Gasteiger partial charge on any atom is -0.475 e. The molecule has 6 heteroatoms. The maximum absolute atomic E-state index is 11.6. The van der Waals surface area contributed by atoms with Crippen LogP contribution in [0.1, 0.15) is 58.1 Å². The van der Waals surface area contributed by atoms with E-state index in [2.05, 4.69) is 28.8 Å². The number of quaternary nitrogens is 1. The highest BCUT2D eigenvalue weighted by molar-refractivity contribution is 6.99. The fourth-order valence-corrected chi connectivity index (χ4v) is 4.65. The first-order chi connectivity index (χ1) is 12.5. The number of ketones is 1. The fraction of sp³-hybridized carbons (Fsp3) is 0.750. The van der Waals surface area contributed by atoms with Gasteiger partial charge < -0.3 is 9.22 Å². The molecule has 144 valence electrons. The quantitative estimate of drug-likeness (QED) is 0.457. The number of nitrogens with zero attached hydrogens (tertiary/aromatic N) is 3. The summed E-state index contributed by atoms with van der Waals surface area (Å²) in [4.78, 5) is 11.6. The lowest BCUT2D eigenvalue weighted by Gasteiger charge is -2.37. The molecule has 1 saturated carbocycles. The van der Waals surface area contributed by atoms with Crippen LogP contribution in [0, 0.1) is 11.8 Å².